The van der Waals surface area contributed by atoms with E-state index in [1.165, 1.54) is 18.6 Å². The molecule has 3 N–H and O–H groups in total. The second-order valence-corrected chi connectivity index (χ2v) is 5.86. The molecule has 1 unspecified atom stereocenters. The summed E-state index contributed by atoms with van der Waals surface area (Å²) in [5.74, 6) is 4.61. The van der Waals surface area contributed by atoms with Crippen molar-refractivity contribution in [1.82, 2.24) is 10.3 Å². The maximum Gasteiger partial charge on any atom is 0.126 e. The van der Waals surface area contributed by atoms with E-state index >= 15 is 0 Å². The van der Waals surface area contributed by atoms with Gasteiger partial charge in [0.2, 0.25) is 0 Å². The minimum atomic E-state index is -0.565. The van der Waals surface area contributed by atoms with Gasteiger partial charge in [0.1, 0.15) is 11.6 Å². The zero-order valence-corrected chi connectivity index (χ0v) is 12.1. The summed E-state index contributed by atoms with van der Waals surface area (Å²) in [4.78, 5) is 2.14. The number of hydrogen-bond donors (Lipinski definition) is 2. The van der Waals surface area contributed by atoms with E-state index in [1.807, 2.05) is 14.1 Å². The molecule has 1 saturated carbocycles. The SMILES string of the molecule is CN(C)C1(C(NN)c2cc(F)cc(F)c2)CCCCC1. The third kappa shape index (κ3) is 2.85. The van der Waals surface area contributed by atoms with Crippen LogP contribution in [0.4, 0.5) is 8.78 Å². The number of rotatable bonds is 4. The van der Waals surface area contributed by atoms with Crippen molar-refractivity contribution >= 4 is 0 Å². The first-order valence-electron chi connectivity index (χ1n) is 7.09. The van der Waals surface area contributed by atoms with Crippen molar-refractivity contribution in [2.24, 2.45) is 5.84 Å². The Kier molecular flexibility index (Phi) is 4.73. The fourth-order valence-electron chi connectivity index (χ4n) is 3.46. The van der Waals surface area contributed by atoms with E-state index in [0.717, 1.165) is 31.7 Å². The first-order chi connectivity index (χ1) is 9.49. The molecule has 0 bridgehead atoms. The molecule has 0 aromatic heterocycles. The van der Waals surface area contributed by atoms with Crippen LogP contribution in [-0.4, -0.2) is 24.5 Å². The van der Waals surface area contributed by atoms with E-state index in [0.29, 0.717) is 5.56 Å². The van der Waals surface area contributed by atoms with Crippen LogP contribution >= 0.6 is 0 Å². The van der Waals surface area contributed by atoms with Gasteiger partial charge in [-0.1, -0.05) is 19.3 Å². The highest BCUT2D eigenvalue weighted by molar-refractivity contribution is 5.25. The highest BCUT2D eigenvalue weighted by atomic mass is 19.1. The van der Waals surface area contributed by atoms with Crippen molar-refractivity contribution in [3.8, 4) is 0 Å². The lowest BCUT2D eigenvalue weighted by Gasteiger charge is -2.48. The van der Waals surface area contributed by atoms with Crippen LogP contribution in [0.5, 0.6) is 0 Å². The largest absolute Gasteiger partial charge is 0.302 e. The maximum atomic E-state index is 13.5. The van der Waals surface area contributed by atoms with Crippen molar-refractivity contribution < 1.29 is 8.78 Å². The minimum Gasteiger partial charge on any atom is -0.302 e. The van der Waals surface area contributed by atoms with Gasteiger partial charge >= 0.3 is 0 Å². The summed E-state index contributed by atoms with van der Waals surface area (Å²) in [6.07, 6.45) is 5.34. The van der Waals surface area contributed by atoms with E-state index in [1.54, 1.807) is 0 Å². The van der Waals surface area contributed by atoms with Gasteiger partial charge in [0.15, 0.2) is 0 Å². The van der Waals surface area contributed by atoms with E-state index in [2.05, 4.69) is 10.3 Å². The van der Waals surface area contributed by atoms with Gasteiger partial charge < -0.3 is 4.90 Å². The first kappa shape index (κ1) is 15.4. The van der Waals surface area contributed by atoms with Gasteiger partial charge in [-0.3, -0.25) is 11.3 Å². The van der Waals surface area contributed by atoms with Crippen molar-refractivity contribution in [2.75, 3.05) is 14.1 Å². The molecule has 1 aromatic rings. The molecule has 0 aliphatic heterocycles. The Labute approximate surface area is 119 Å². The van der Waals surface area contributed by atoms with Crippen molar-refractivity contribution in [3.05, 3.63) is 35.4 Å². The number of likely N-dealkylation sites (N-methyl/N-ethyl adjacent to an activating group) is 1. The fourth-order valence-corrected chi connectivity index (χ4v) is 3.46. The topological polar surface area (TPSA) is 41.3 Å². The molecular weight excluding hydrogens is 260 g/mol. The van der Waals surface area contributed by atoms with Crippen LogP contribution in [0, 0.1) is 11.6 Å². The minimum absolute atomic E-state index is 0.201. The fraction of sp³-hybridized carbons (Fsp3) is 0.600. The summed E-state index contributed by atoms with van der Waals surface area (Å²) in [7, 11) is 4.01. The first-order valence-corrected chi connectivity index (χ1v) is 7.09. The molecule has 1 aromatic carbocycles. The summed E-state index contributed by atoms with van der Waals surface area (Å²) in [5.41, 5.74) is 3.16. The Balaban J connectivity index is 2.42. The second kappa shape index (κ2) is 6.16. The van der Waals surface area contributed by atoms with Gasteiger partial charge in [-0.15, -0.1) is 0 Å². The molecule has 1 fully saturated rings. The normalized spacial score (nSPS) is 20.1. The number of hydrazine groups is 1. The Hall–Kier alpha value is -1.04. The number of nitrogens with zero attached hydrogens (tertiary/aromatic N) is 1. The van der Waals surface area contributed by atoms with Crippen LogP contribution in [-0.2, 0) is 0 Å². The Morgan fingerprint density at radius 1 is 1.10 bits per heavy atom. The maximum absolute atomic E-state index is 13.5. The van der Waals surface area contributed by atoms with E-state index in [-0.39, 0.29) is 11.6 Å². The molecule has 2 rings (SSSR count). The quantitative estimate of drug-likeness (QED) is 0.659. The monoisotopic (exact) mass is 283 g/mol. The molecule has 112 valence electrons. The lowest BCUT2D eigenvalue weighted by Crippen LogP contribution is -2.56. The molecule has 0 radical (unpaired) electrons. The smallest absolute Gasteiger partial charge is 0.126 e. The van der Waals surface area contributed by atoms with Gasteiger partial charge in [0.25, 0.3) is 0 Å². The summed E-state index contributed by atoms with van der Waals surface area (Å²) in [6.45, 7) is 0. The summed E-state index contributed by atoms with van der Waals surface area (Å²) in [5, 5.41) is 0. The predicted molar refractivity (Wildman–Crippen MR) is 75.9 cm³/mol. The molecule has 0 spiro atoms. The standard InChI is InChI=1S/C15H23F2N3/c1-20(2)15(6-4-3-5-7-15)14(19-18)11-8-12(16)10-13(17)9-11/h8-10,14,19H,3-7,18H2,1-2H3. The Morgan fingerprint density at radius 2 is 1.65 bits per heavy atom. The third-order valence-electron chi connectivity index (χ3n) is 4.53. The summed E-state index contributed by atoms with van der Waals surface area (Å²) < 4.78 is 27.0. The van der Waals surface area contributed by atoms with Gasteiger partial charge in [-0.25, -0.2) is 8.78 Å². The predicted octanol–water partition coefficient (Wildman–Crippen LogP) is 2.73. The van der Waals surface area contributed by atoms with Crippen LogP contribution in [0.3, 0.4) is 0 Å². The van der Waals surface area contributed by atoms with Crippen molar-refractivity contribution in [3.63, 3.8) is 0 Å². The zero-order valence-electron chi connectivity index (χ0n) is 12.1. The van der Waals surface area contributed by atoms with Crippen LogP contribution < -0.4 is 11.3 Å². The molecular formula is C15H23F2N3. The lowest BCUT2D eigenvalue weighted by atomic mass is 9.73. The molecule has 1 aliphatic carbocycles. The summed E-state index contributed by atoms with van der Waals surface area (Å²) >= 11 is 0. The van der Waals surface area contributed by atoms with Crippen LogP contribution in [0.2, 0.25) is 0 Å². The Bertz CT molecular complexity index is 436. The number of benzene rings is 1. The van der Waals surface area contributed by atoms with Crippen LogP contribution in [0.15, 0.2) is 18.2 Å². The van der Waals surface area contributed by atoms with Crippen molar-refractivity contribution in [2.45, 2.75) is 43.7 Å². The van der Waals surface area contributed by atoms with Gasteiger partial charge in [-0.2, -0.15) is 0 Å². The van der Waals surface area contributed by atoms with E-state index in [9.17, 15) is 8.78 Å². The molecule has 20 heavy (non-hydrogen) atoms. The molecule has 0 amide bonds. The highest BCUT2D eigenvalue weighted by Gasteiger charge is 2.42. The van der Waals surface area contributed by atoms with Gasteiger partial charge in [0.05, 0.1) is 6.04 Å². The third-order valence-corrected chi connectivity index (χ3v) is 4.53. The van der Waals surface area contributed by atoms with Gasteiger partial charge in [0, 0.05) is 11.6 Å². The van der Waals surface area contributed by atoms with E-state index in [4.69, 9.17) is 5.84 Å². The molecule has 1 atom stereocenters. The lowest BCUT2D eigenvalue weighted by molar-refractivity contribution is 0.0562. The average molecular weight is 283 g/mol. The van der Waals surface area contributed by atoms with Crippen LogP contribution in [0.1, 0.15) is 43.7 Å². The zero-order chi connectivity index (χ0) is 14.8. The molecule has 1 aliphatic rings. The summed E-state index contributed by atoms with van der Waals surface area (Å²) in [6, 6.07) is 3.34. The number of nitrogens with one attached hydrogen (secondary N) is 1. The Morgan fingerprint density at radius 3 is 2.10 bits per heavy atom. The second-order valence-electron chi connectivity index (χ2n) is 5.86. The highest BCUT2D eigenvalue weighted by Crippen LogP contribution is 2.41. The molecule has 0 saturated heterocycles. The molecule has 3 nitrogen and oxygen atoms in total. The number of halogens is 2. The number of nitrogens with two attached hydrogens (primary N) is 1. The van der Waals surface area contributed by atoms with E-state index < -0.39 is 11.6 Å². The van der Waals surface area contributed by atoms with Crippen molar-refractivity contribution in [1.29, 1.82) is 0 Å². The molecule has 5 heteroatoms. The average Bonchev–Trinajstić information content (AvgIpc) is 2.39. The number of hydrogen-bond acceptors (Lipinski definition) is 3. The van der Waals surface area contributed by atoms with Gasteiger partial charge in [-0.05, 0) is 44.6 Å². The van der Waals surface area contributed by atoms with Crippen LogP contribution in [0.25, 0.3) is 0 Å². The molecule has 0 heterocycles.